The van der Waals surface area contributed by atoms with Crippen LogP contribution in [-0.4, -0.2) is 35.5 Å². The van der Waals surface area contributed by atoms with Crippen LogP contribution in [0, 0.1) is 22.7 Å². The van der Waals surface area contributed by atoms with E-state index in [1.165, 1.54) is 12.5 Å². The fraction of sp³-hybridized carbons (Fsp3) is 0.682. The van der Waals surface area contributed by atoms with Crippen molar-refractivity contribution < 1.29 is 24.2 Å². The Bertz CT molecular complexity index is 679. The fourth-order valence-corrected chi connectivity index (χ4v) is 5.61. The lowest BCUT2D eigenvalue weighted by molar-refractivity contribution is -0.173. The minimum absolute atomic E-state index is 0.0364. The number of fused-ring (bicyclic) bond motifs is 1. The summed E-state index contributed by atoms with van der Waals surface area (Å²) in [6.45, 7) is 5.94. The summed E-state index contributed by atoms with van der Waals surface area (Å²) in [7, 11) is 0. The molecule has 0 amide bonds. The Morgan fingerprint density at radius 3 is 2.85 bits per heavy atom. The minimum Gasteiger partial charge on any atom is -0.472 e. The van der Waals surface area contributed by atoms with Gasteiger partial charge in [0.1, 0.15) is 6.61 Å². The van der Waals surface area contributed by atoms with E-state index < -0.39 is 11.5 Å². The molecule has 2 N–H and O–H groups in total. The van der Waals surface area contributed by atoms with E-state index in [1.807, 2.05) is 12.1 Å². The maximum atomic E-state index is 11.6. The molecule has 1 aromatic heterocycles. The van der Waals surface area contributed by atoms with Crippen LogP contribution in [0.25, 0.3) is 0 Å². The van der Waals surface area contributed by atoms with Gasteiger partial charge in [0.15, 0.2) is 0 Å². The fourth-order valence-electron chi connectivity index (χ4n) is 5.61. The van der Waals surface area contributed by atoms with Crippen LogP contribution in [0.5, 0.6) is 0 Å². The van der Waals surface area contributed by atoms with E-state index in [-0.39, 0.29) is 30.5 Å². The van der Waals surface area contributed by atoms with Crippen LogP contribution >= 0.6 is 0 Å². The van der Waals surface area contributed by atoms with Gasteiger partial charge in [-0.3, -0.25) is 4.79 Å². The molecule has 1 aromatic rings. The Morgan fingerprint density at radius 2 is 2.22 bits per heavy atom. The molecule has 2 aliphatic rings. The molecule has 150 valence electrons. The highest BCUT2D eigenvalue weighted by Gasteiger charge is 2.60. The summed E-state index contributed by atoms with van der Waals surface area (Å²) in [5, 5.41) is 21.2. The first-order valence-electron chi connectivity index (χ1n) is 9.97. The summed E-state index contributed by atoms with van der Waals surface area (Å²) < 4.78 is 10.7. The van der Waals surface area contributed by atoms with Gasteiger partial charge in [-0.1, -0.05) is 19.9 Å². The van der Waals surface area contributed by atoms with Crippen molar-refractivity contribution in [1.82, 2.24) is 0 Å². The molecule has 3 rings (SSSR count). The smallest absolute Gasteiger partial charge is 0.302 e. The lowest BCUT2D eigenvalue weighted by atomic mass is 9.45. The second kappa shape index (κ2) is 7.80. The molecule has 0 spiro atoms. The predicted octanol–water partition coefficient (Wildman–Crippen LogP) is 3.50. The molecule has 0 radical (unpaired) electrons. The minimum atomic E-state index is -0.698. The number of esters is 1. The quantitative estimate of drug-likeness (QED) is 0.587. The number of ether oxygens (including phenoxy) is 1. The highest BCUT2D eigenvalue weighted by molar-refractivity contribution is 5.66. The van der Waals surface area contributed by atoms with Gasteiger partial charge in [-0.15, -0.1) is 0 Å². The van der Waals surface area contributed by atoms with Crippen molar-refractivity contribution in [3.63, 3.8) is 0 Å². The van der Waals surface area contributed by atoms with Crippen LogP contribution in [0.3, 0.4) is 0 Å². The number of rotatable bonds is 6. The first-order chi connectivity index (χ1) is 12.8. The molecule has 1 saturated carbocycles. The number of aliphatic hydroxyl groups is 2. The number of hydrogen-bond donors (Lipinski definition) is 2. The lowest BCUT2D eigenvalue weighted by Gasteiger charge is -2.60. The van der Waals surface area contributed by atoms with Crippen molar-refractivity contribution in [3.8, 4) is 0 Å². The first-order valence-corrected chi connectivity index (χ1v) is 9.97. The highest BCUT2D eigenvalue weighted by atomic mass is 16.5. The van der Waals surface area contributed by atoms with Crippen LogP contribution in [0.4, 0.5) is 0 Å². The van der Waals surface area contributed by atoms with Gasteiger partial charge in [0, 0.05) is 6.92 Å². The van der Waals surface area contributed by atoms with E-state index in [9.17, 15) is 15.0 Å². The maximum Gasteiger partial charge on any atom is 0.302 e. The second-order valence-electron chi connectivity index (χ2n) is 8.63. The molecule has 1 heterocycles. The van der Waals surface area contributed by atoms with Gasteiger partial charge < -0.3 is 19.4 Å². The zero-order valence-electron chi connectivity index (χ0n) is 16.6. The van der Waals surface area contributed by atoms with Crippen LogP contribution in [0.1, 0.15) is 52.0 Å². The molecule has 5 nitrogen and oxygen atoms in total. The van der Waals surface area contributed by atoms with Gasteiger partial charge in [0.2, 0.25) is 0 Å². The summed E-state index contributed by atoms with van der Waals surface area (Å²) in [5.41, 5.74) is 1.27. The van der Waals surface area contributed by atoms with Crippen molar-refractivity contribution in [2.75, 3.05) is 13.2 Å². The summed E-state index contributed by atoms with van der Waals surface area (Å²) in [6, 6.07) is 2.00. The number of furan rings is 1. The second-order valence-corrected chi connectivity index (χ2v) is 8.63. The Labute approximate surface area is 161 Å². The summed E-state index contributed by atoms with van der Waals surface area (Å²) in [4.78, 5) is 11.6. The van der Waals surface area contributed by atoms with Gasteiger partial charge in [-0.25, -0.2) is 0 Å². The van der Waals surface area contributed by atoms with Crippen molar-refractivity contribution in [2.45, 2.75) is 59.0 Å². The van der Waals surface area contributed by atoms with Crippen LogP contribution < -0.4 is 0 Å². The van der Waals surface area contributed by atoms with Crippen LogP contribution in [-0.2, 0) is 16.0 Å². The van der Waals surface area contributed by atoms with E-state index in [4.69, 9.17) is 9.15 Å². The number of carbonyl (C=O) groups is 1. The highest BCUT2D eigenvalue weighted by Crippen LogP contribution is 2.62. The van der Waals surface area contributed by atoms with E-state index in [2.05, 4.69) is 13.8 Å². The molecule has 0 saturated heterocycles. The molecule has 0 bridgehead atoms. The van der Waals surface area contributed by atoms with E-state index in [0.717, 1.165) is 31.3 Å². The topological polar surface area (TPSA) is 79.9 Å². The van der Waals surface area contributed by atoms with Crippen molar-refractivity contribution >= 4 is 5.97 Å². The largest absolute Gasteiger partial charge is 0.472 e. The number of allylic oxidation sites excluding steroid dienone is 1. The SMILES string of the molecule is CC(=O)OC[C@]12C(CO)=CCC[C@@H]1[C@@](C)(CCc1ccoc1)[C@H](C)C[C@@H]2O. The lowest BCUT2D eigenvalue weighted by Crippen LogP contribution is -2.60. The summed E-state index contributed by atoms with van der Waals surface area (Å²) in [6.07, 6.45) is 9.21. The van der Waals surface area contributed by atoms with E-state index in [0.29, 0.717) is 12.3 Å². The average Bonchev–Trinajstić information content (AvgIpc) is 3.16. The average molecular weight is 376 g/mol. The standard InChI is InChI=1S/C22H32O5/c1-15-11-20(25)22(14-27-16(2)24)18(12-23)5-4-6-19(22)21(15,3)9-7-17-8-10-26-13-17/h5,8,10,13,15,19-20,23,25H,4,6-7,9,11-12,14H2,1-3H3/t15-,19-,20+,21+,22+/m1/s1. The third kappa shape index (κ3) is 3.47. The summed E-state index contributed by atoms with van der Waals surface area (Å²) >= 11 is 0. The van der Waals surface area contributed by atoms with Crippen LogP contribution in [0.15, 0.2) is 34.7 Å². The Morgan fingerprint density at radius 1 is 1.44 bits per heavy atom. The number of carbonyl (C=O) groups excluding carboxylic acids is 1. The normalized spacial score (nSPS) is 36.0. The predicted molar refractivity (Wildman–Crippen MR) is 102 cm³/mol. The van der Waals surface area contributed by atoms with Gasteiger partial charge in [0.05, 0.1) is 30.7 Å². The van der Waals surface area contributed by atoms with Crippen molar-refractivity contribution in [1.29, 1.82) is 0 Å². The van der Waals surface area contributed by atoms with E-state index >= 15 is 0 Å². The summed E-state index contributed by atoms with van der Waals surface area (Å²) in [5.74, 6) is 0.118. The third-order valence-corrected chi connectivity index (χ3v) is 7.38. The first kappa shape index (κ1) is 20.2. The molecule has 5 atom stereocenters. The molecular weight excluding hydrogens is 344 g/mol. The molecular formula is C22H32O5. The zero-order valence-corrected chi connectivity index (χ0v) is 16.6. The number of aliphatic hydroxyl groups excluding tert-OH is 2. The Hall–Kier alpha value is -1.59. The molecule has 2 aliphatic carbocycles. The Kier molecular flexibility index (Phi) is 5.82. The molecule has 1 fully saturated rings. The Balaban J connectivity index is 1.97. The third-order valence-electron chi connectivity index (χ3n) is 7.38. The van der Waals surface area contributed by atoms with Gasteiger partial charge in [-0.2, -0.15) is 0 Å². The maximum absolute atomic E-state index is 11.6. The van der Waals surface area contributed by atoms with Gasteiger partial charge in [0.25, 0.3) is 0 Å². The molecule has 5 heteroatoms. The molecule has 0 aromatic carbocycles. The van der Waals surface area contributed by atoms with Gasteiger partial charge >= 0.3 is 5.97 Å². The van der Waals surface area contributed by atoms with Gasteiger partial charge in [-0.05, 0) is 66.6 Å². The zero-order chi connectivity index (χ0) is 19.7. The molecule has 0 unspecified atom stereocenters. The van der Waals surface area contributed by atoms with Crippen LogP contribution in [0.2, 0.25) is 0 Å². The number of aryl methyl sites for hydroxylation is 1. The monoisotopic (exact) mass is 376 g/mol. The van der Waals surface area contributed by atoms with Crippen molar-refractivity contribution in [2.24, 2.45) is 22.7 Å². The molecule has 27 heavy (non-hydrogen) atoms. The number of hydrogen-bond acceptors (Lipinski definition) is 5. The molecule has 0 aliphatic heterocycles. The van der Waals surface area contributed by atoms with Crippen molar-refractivity contribution in [3.05, 3.63) is 35.8 Å². The van der Waals surface area contributed by atoms with E-state index in [1.54, 1.807) is 12.5 Å².